The van der Waals surface area contributed by atoms with Crippen molar-refractivity contribution in [1.82, 2.24) is 5.32 Å². The van der Waals surface area contributed by atoms with Gasteiger partial charge in [-0.05, 0) is 12.3 Å². The van der Waals surface area contributed by atoms with Crippen LogP contribution < -0.4 is 11.1 Å². The number of rotatable bonds is 8. The van der Waals surface area contributed by atoms with Crippen LogP contribution in [0, 0.1) is 5.92 Å². The van der Waals surface area contributed by atoms with Gasteiger partial charge in [0.05, 0.1) is 0 Å². The average molecular weight is 200 g/mol. The number of primary amides is 1. The standard InChI is InChI=1S/C11H24N2O/c1-3-10(2)8-6-4-5-7-9-13-11(12)14/h10H,3-9H2,1-2H3,(H3,12,13,14). The maximum Gasteiger partial charge on any atom is 0.312 e. The summed E-state index contributed by atoms with van der Waals surface area (Å²) in [5, 5.41) is 2.60. The molecule has 2 amide bonds. The lowest BCUT2D eigenvalue weighted by Gasteiger charge is -2.07. The van der Waals surface area contributed by atoms with Crippen molar-refractivity contribution in [1.29, 1.82) is 0 Å². The Balaban J connectivity index is 3.02. The number of unbranched alkanes of at least 4 members (excludes halogenated alkanes) is 3. The number of amides is 2. The minimum atomic E-state index is -0.412. The molecule has 3 heteroatoms. The van der Waals surface area contributed by atoms with E-state index in [-0.39, 0.29) is 0 Å². The van der Waals surface area contributed by atoms with Gasteiger partial charge >= 0.3 is 6.03 Å². The number of hydrogen-bond acceptors (Lipinski definition) is 1. The molecule has 1 atom stereocenters. The van der Waals surface area contributed by atoms with Gasteiger partial charge in [0.2, 0.25) is 0 Å². The van der Waals surface area contributed by atoms with Gasteiger partial charge in [-0.3, -0.25) is 0 Å². The van der Waals surface area contributed by atoms with Crippen molar-refractivity contribution < 1.29 is 4.79 Å². The van der Waals surface area contributed by atoms with Crippen LogP contribution in [0.1, 0.15) is 52.4 Å². The molecule has 0 saturated heterocycles. The number of urea groups is 1. The summed E-state index contributed by atoms with van der Waals surface area (Å²) in [6.07, 6.45) is 7.43. The van der Waals surface area contributed by atoms with E-state index in [1.54, 1.807) is 0 Å². The fourth-order valence-corrected chi connectivity index (χ4v) is 1.39. The summed E-state index contributed by atoms with van der Waals surface area (Å²) in [5.74, 6) is 0.860. The molecule has 0 rings (SSSR count). The molecule has 0 aromatic heterocycles. The van der Waals surface area contributed by atoms with Gasteiger partial charge in [0.25, 0.3) is 0 Å². The summed E-state index contributed by atoms with van der Waals surface area (Å²) in [6.45, 7) is 5.26. The molecule has 0 heterocycles. The summed E-state index contributed by atoms with van der Waals surface area (Å²) in [4.78, 5) is 10.3. The van der Waals surface area contributed by atoms with Crippen LogP contribution in [-0.2, 0) is 0 Å². The molecule has 0 spiro atoms. The highest BCUT2D eigenvalue weighted by Gasteiger charge is 1.98. The highest BCUT2D eigenvalue weighted by Crippen LogP contribution is 2.12. The minimum absolute atomic E-state index is 0.412. The molecular weight excluding hydrogens is 176 g/mol. The Labute approximate surface area is 87.4 Å². The smallest absolute Gasteiger partial charge is 0.312 e. The van der Waals surface area contributed by atoms with Crippen molar-refractivity contribution in [2.24, 2.45) is 11.7 Å². The van der Waals surface area contributed by atoms with Crippen molar-refractivity contribution in [2.75, 3.05) is 6.54 Å². The summed E-state index contributed by atoms with van der Waals surface area (Å²) < 4.78 is 0. The first kappa shape index (κ1) is 13.3. The molecule has 84 valence electrons. The number of carbonyl (C=O) groups is 1. The van der Waals surface area contributed by atoms with Gasteiger partial charge in [-0.15, -0.1) is 0 Å². The summed E-state index contributed by atoms with van der Waals surface area (Å²) in [5.41, 5.74) is 4.94. The topological polar surface area (TPSA) is 55.1 Å². The Bertz CT molecular complexity index is 148. The molecule has 0 aliphatic heterocycles. The van der Waals surface area contributed by atoms with Crippen LogP contribution in [0.3, 0.4) is 0 Å². The zero-order valence-corrected chi connectivity index (χ0v) is 9.51. The molecule has 0 radical (unpaired) electrons. The molecule has 0 fully saturated rings. The van der Waals surface area contributed by atoms with E-state index >= 15 is 0 Å². The second-order valence-electron chi connectivity index (χ2n) is 4.01. The summed E-state index contributed by atoms with van der Waals surface area (Å²) >= 11 is 0. The van der Waals surface area contributed by atoms with Gasteiger partial charge in [-0.2, -0.15) is 0 Å². The van der Waals surface area contributed by atoms with Crippen LogP contribution in [0.15, 0.2) is 0 Å². The minimum Gasteiger partial charge on any atom is -0.352 e. The Morgan fingerprint density at radius 3 is 2.50 bits per heavy atom. The fraction of sp³-hybridized carbons (Fsp3) is 0.909. The molecule has 0 aliphatic rings. The van der Waals surface area contributed by atoms with Crippen LogP contribution in [0.2, 0.25) is 0 Å². The quantitative estimate of drug-likeness (QED) is 0.581. The third-order valence-electron chi connectivity index (χ3n) is 2.62. The van der Waals surface area contributed by atoms with E-state index in [0.717, 1.165) is 18.9 Å². The van der Waals surface area contributed by atoms with Crippen molar-refractivity contribution in [3.8, 4) is 0 Å². The molecule has 1 unspecified atom stereocenters. The van der Waals surface area contributed by atoms with Gasteiger partial charge in [-0.1, -0.05) is 46.0 Å². The number of carbonyl (C=O) groups excluding carboxylic acids is 1. The van der Waals surface area contributed by atoms with Crippen LogP contribution in [0.25, 0.3) is 0 Å². The third-order valence-corrected chi connectivity index (χ3v) is 2.62. The predicted octanol–water partition coefficient (Wildman–Crippen LogP) is 2.65. The Morgan fingerprint density at radius 1 is 1.29 bits per heavy atom. The Kier molecular flexibility index (Phi) is 8.39. The zero-order valence-electron chi connectivity index (χ0n) is 9.51. The first-order valence-electron chi connectivity index (χ1n) is 5.70. The van der Waals surface area contributed by atoms with Crippen LogP contribution in [0.5, 0.6) is 0 Å². The molecule has 14 heavy (non-hydrogen) atoms. The Morgan fingerprint density at radius 2 is 1.93 bits per heavy atom. The molecule has 0 aromatic carbocycles. The highest BCUT2D eigenvalue weighted by atomic mass is 16.2. The molecule has 0 aromatic rings. The Hall–Kier alpha value is -0.730. The number of nitrogens with one attached hydrogen (secondary N) is 1. The first-order valence-corrected chi connectivity index (χ1v) is 5.70. The second kappa shape index (κ2) is 8.85. The van der Waals surface area contributed by atoms with Crippen LogP contribution >= 0.6 is 0 Å². The van der Waals surface area contributed by atoms with E-state index in [2.05, 4.69) is 19.2 Å². The van der Waals surface area contributed by atoms with Crippen molar-refractivity contribution in [3.05, 3.63) is 0 Å². The van der Waals surface area contributed by atoms with Crippen molar-refractivity contribution in [2.45, 2.75) is 52.4 Å². The van der Waals surface area contributed by atoms with E-state index in [4.69, 9.17) is 5.73 Å². The third kappa shape index (κ3) is 9.36. The van der Waals surface area contributed by atoms with Gasteiger partial charge in [0.1, 0.15) is 0 Å². The van der Waals surface area contributed by atoms with Crippen molar-refractivity contribution >= 4 is 6.03 Å². The molecule has 0 saturated carbocycles. The van der Waals surface area contributed by atoms with Crippen LogP contribution in [-0.4, -0.2) is 12.6 Å². The van der Waals surface area contributed by atoms with E-state index in [0.29, 0.717) is 0 Å². The maximum absolute atomic E-state index is 10.3. The molecular formula is C11H24N2O. The summed E-state index contributed by atoms with van der Waals surface area (Å²) in [6, 6.07) is -0.412. The van der Waals surface area contributed by atoms with Gasteiger partial charge in [0, 0.05) is 6.54 Å². The van der Waals surface area contributed by atoms with E-state index < -0.39 is 6.03 Å². The maximum atomic E-state index is 10.3. The largest absolute Gasteiger partial charge is 0.352 e. The molecule has 0 bridgehead atoms. The highest BCUT2D eigenvalue weighted by molar-refractivity contribution is 5.71. The molecule has 0 aliphatic carbocycles. The first-order chi connectivity index (χ1) is 6.66. The van der Waals surface area contributed by atoms with E-state index in [1.165, 1.54) is 32.1 Å². The van der Waals surface area contributed by atoms with Crippen LogP contribution in [0.4, 0.5) is 4.79 Å². The predicted molar refractivity (Wildman–Crippen MR) is 60.1 cm³/mol. The van der Waals surface area contributed by atoms with Crippen molar-refractivity contribution in [3.63, 3.8) is 0 Å². The normalized spacial score (nSPS) is 12.4. The van der Waals surface area contributed by atoms with Gasteiger partial charge < -0.3 is 11.1 Å². The average Bonchev–Trinajstić information content (AvgIpc) is 2.15. The fourth-order valence-electron chi connectivity index (χ4n) is 1.39. The lowest BCUT2D eigenvalue weighted by Crippen LogP contribution is -2.29. The molecule has 3 nitrogen and oxygen atoms in total. The second-order valence-corrected chi connectivity index (χ2v) is 4.01. The number of hydrogen-bond donors (Lipinski definition) is 2. The van der Waals surface area contributed by atoms with Gasteiger partial charge in [0.15, 0.2) is 0 Å². The lowest BCUT2D eigenvalue weighted by molar-refractivity contribution is 0.248. The number of nitrogens with two attached hydrogens (primary N) is 1. The van der Waals surface area contributed by atoms with E-state index in [9.17, 15) is 4.79 Å². The lowest BCUT2D eigenvalue weighted by atomic mass is 10.0. The van der Waals surface area contributed by atoms with Gasteiger partial charge in [-0.25, -0.2) is 4.79 Å². The summed E-state index contributed by atoms with van der Waals surface area (Å²) in [7, 11) is 0. The molecule has 3 N–H and O–H groups in total. The SMILES string of the molecule is CCC(C)CCCCCCNC(N)=O. The van der Waals surface area contributed by atoms with E-state index in [1.807, 2.05) is 0 Å². The zero-order chi connectivity index (χ0) is 10.8. The monoisotopic (exact) mass is 200 g/mol.